The first-order valence-electron chi connectivity index (χ1n) is 10.5. The molecule has 1 heterocycles. The van der Waals surface area contributed by atoms with Crippen LogP contribution in [-0.2, 0) is 28.4 Å². The summed E-state index contributed by atoms with van der Waals surface area (Å²) in [7, 11) is 0. The maximum atomic E-state index is 11.5. The number of carboxylic acids is 1. The first-order valence-corrected chi connectivity index (χ1v) is 10.5. The Morgan fingerprint density at radius 3 is 2.12 bits per heavy atom. The predicted molar refractivity (Wildman–Crippen MR) is 122 cm³/mol. The van der Waals surface area contributed by atoms with Crippen molar-refractivity contribution in [3.63, 3.8) is 0 Å². The van der Waals surface area contributed by atoms with Crippen LogP contribution >= 0.6 is 0 Å². The van der Waals surface area contributed by atoms with Crippen molar-refractivity contribution in [2.24, 2.45) is 5.92 Å². The molecule has 10 radical (unpaired) electrons. The van der Waals surface area contributed by atoms with Crippen LogP contribution < -0.4 is 5.32 Å². The van der Waals surface area contributed by atoms with Gasteiger partial charge in [-0.3, -0.25) is 4.79 Å². The Morgan fingerprint density at radius 1 is 1.00 bits per heavy atom. The summed E-state index contributed by atoms with van der Waals surface area (Å²) < 4.78 is 1.84. The molecule has 1 atom stereocenters. The van der Waals surface area contributed by atoms with Gasteiger partial charge >= 0.3 is 23.0 Å². The van der Waals surface area contributed by atoms with E-state index in [1.54, 1.807) is 0 Å². The number of hydrogen-bond donors (Lipinski definition) is 2. The Hall–Kier alpha value is -1.62. The average Bonchev–Trinajstić information content (AvgIpc) is 3.54. The van der Waals surface area contributed by atoms with E-state index in [-0.39, 0.29) is 17.1 Å². The van der Waals surface area contributed by atoms with E-state index in [9.17, 15) is 9.90 Å². The molecule has 0 aliphatic heterocycles. The van der Waals surface area contributed by atoms with Gasteiger partial charge in [0, 0.05) is 24.2 Å². The second-order valence-electron chi connectivity index (χ2n) is 7.82. The number of aromatic nitrogens is 2. The summed E-state index contributed by atoms with van der Waals surface area (Å²) in [5.74, 6) is 0.529. The molecule has 0 amide bonds. The van der Waals surface area contributed by atoms with Gasteiger partial charge in [0.2, 0.25) is 0 Å². The normalized spacial score (nSPS) is 17.0. The van der Waals surface area contributed by atoms with Crippen LogP contribution in [0, 0.1) is 69.6 Å². The molecule has 1 aromatic carbocycles. The molecular formula is C26H29FeN3O2+2. The minimum absolute atomic E-state index is 0. The van der Waals surface area contributed by atoms with Gasteiger partial charge < -0.3 is 10.4 Å². The van der Waals surface area contributed by atoms with Crippen molar-refractivity contribution in [2.75, 3.05) is 0 Å². The van der Waals surface area contributed by atoms with E-state index in [4.69, 9.17) is 5.10 Å². The zero-order valence-electron chi connectivity index (χ0n) is 18.3. The zero-order valence-corrected chi connectivity index (χ0v) is 19.4. The molecule has 4 rings (SSSR count). The SMILES string of the molecule is CC(C)C[C@H](NCc1cn(-c2ccccc2)nc1[C]1[CH][CH][CH][CH]1)C(=O)O.[CH]1[CH][CH][CH][CH]1.[Fe+2]. The first kappa shape index (κ1) is 26.6. The number of nitrogens with one attached hydrogen (secondary N) is 1. The van der Waals surface area contributed by atoms with Gasteiger partial charge in [0.15, 0.2) is 0 Å². The van der Waals surface area contributed by atoms with Crippen LogP contribution in [0.1, 0.15) is 31.5 Å². The minimum atomic E-state index is -0.816. The predicted octanol–water partition coefficient (Wildman–Crippen LogP) is 4.23. The van der Waals surface area contributed by atoms with Crippen LogP contribution in [-0.4, -0.2) is 26.9 Å². The number of hydrogen-bond acceptors (Lipinski definition) is 3. The molecule has 2 aliphatic rings. The molecule has 0 unspecified atom stereocenters. The first-order chi connectivity index (χ1) is 15.0. The minimum Gasteiger partial charge on any atom is -0.480 e. The maximum Gasteiger partial charge on any atom is 2.00 e. The van der Waals surface area contributed by atoms with Crippen LogP contribution in [0.25, 0.3) is 5.69 Å². The third-order valence-electron chi connectivity index (χ3n) is 4.85. The van der Waals surface area contributed by atoms with Gasteiger partial charge in [0.1, 0.15) is 6.04 Å². The fraction of sp³-hybridized carbons (Fsp3) is 0.231. The zero-order chi connectivity index (χ0) is 22.1. The van der Waals surface area contributed by atoms with Gasteiger partial charge in [0.25, 0.3) is 0 Å². The van der Waals surface area contributed by atoms with Crippen LogP contribution in [0.3, 0.4) is 0 Å². The number of rotatable bonds is 8. The number of benzene rings is 1. The molecule has 32 heavy (non-hydrogen) atoms. The third kappa shape index (κ3) is 8.06. The molecule has 0 saturated heterocycles. The number of carbonyl (C=O) groups is 1. The monoisotopic (exact) mass is 471 g/mol. The van der Waals surface area contributed by atoms with Crippen molar-refractivity contribution < 1.29 is 27.0 Å². The molecule has 2 aliphatic carbocycles. The fourth-order valence-electron chi connectivity index (χ4n) is 3.32. The summed E-state index contributed by atoms with van der Waals surface area (Å²) in [6.45, 7) is 4.51. The molecule has 166 valence electrons. The van der Waals surface area contributed by atoms with Gasteiger partial charge in [0.05, 0.1) is 11.4 Å². The molecule has 6 heteroatoms. The molecule has 5 nitrogen and oxygen atoms in total. The van der Waals surface area contributed by atoms with Gasteiger partial charge in [-0.25, -0.2) is 4.68 Å². The molecule has 2 fully saturated rings. The van der Waals surface area contributed by atoms with Crippen molar-refractivity contribution in [1.82, 2.24) is 15.1 Å². The Bertz CT molecular complexity index is 789. The number of nitrogens with zero attached hydrogens (tertiary/aromatic N) is 2. The second-order valence-corrected chi connectivity index (χ2v) is 7.82. The summed E-state index contributed by atoms with van der Waals surface area (Å²) in [5.41, 5.74) is 2.83. The van der Waals surface area contributed by atoms with Gasteiger partial charge in [-0.1, -0.05) is 32.0 Å². The van der Waals surface area contributed by atoms with Gasteiger partial charge in [-0.05, 0) is 82.3 Å². The third-order valence-corrected chi connectivity index (χ3v) is 4.85. The average molecular weight is 471 g/mol. The Morgan fingerprint density at radius 2 is 1.59 bits per heavy atom. The smallest absolute Gasteiger partial charge is 0.480 e. The van der Waals surface area contributed by atoms with Crippen LogP contribution in [0.2, 0.25) is 0 Å². The van der Waals surface area contributed by atoms with E-state index in [1.807, 2.05) is 113 Å². The van der Waals surface area contributed by atoms with Crippen molar-refractivity contribution in [3.8, 4) is 5.69 Å². The number of aliphatic carboxylic acids is 1. The van der Waals surface area contributed by atoms with Crippen LogP contribution in [0.4, 0.5) is 0 Å². The van der Waals surface area contributed by atoms with Gasteiger partial charge in [-0.15, -0.1) is 0 Å². The Balaban J connectivity index is 0.000000534. The van der Waals surface area contributed by atoms with Crippen molar-refractivity contribution in [3.05, 3.63) is 111 Å². The van der Waals surface area contributed by atoms with Crippen molar-refractivity contribution in [1.29, 1.82) is 0 Å². The summed E-state index contributed by atoms with van der Waals surface area (Å²) in [6.07, 6.45) is 20.6. The summed E-state index contributed by atoms with van der Waals surface area (Å²) in [4.78, 5) is 11.5. The van der Waals surface area contributed by atoms with E-state index < -0.39 is 12.0 Å². The van der Waals surface area contributed by atoms with E-state index in [1.165, 1.54) is 0 Å². The Labute approximate surface area is 203 Å². The number of para-hydroxylation sites is 1. The van der Waals surface area contributed by atoms with Gasteiger partial charge in [-0.2, -0.15) is 5.10 Å². The van der Waals surface area contributed by atoms with E-state index >= 15 is 0 Å². The van der Waals surface area contributed by atoms with Crippen LogP contribution in [0.15, 0.2) is 36.5 Å². The van der Waals surface area contributed by atoms with Crippen molar-refractivity contribution in [2.45, 2.75) is 32.9 Å². The molecule has 2 saturated carbocycles. The summed E-state index contributed by atoms with van der Waals surface area (Å²) in [5, 5.41) is 17.4. The molecule has 0 spiro atoms. The second kappa shape index (κ2) is 13.8. The van der Waals surface area contributed by atoms with Crippen molar-refractivity contribution >= 4 is 5.97 Å². The van der Waals surface area contributed by atoms with E-state index in [0.717, 1.165) is 22.9 Å². The van der Waals surface area contributed by atoms with Crippen LogP contribution in [0.5, 0.6) is 0 Å². The molecule has 2 aromatic rings. The van der Waals surface area contributed by atoms with E-state index in [0.29, 0.717) is 18.9 Å². The Kier molecular flexibility index (Phi) is 11.5. The molecular weight excluding hydrogens is 442 g/mol. The largest absolute Gasteiger partial charge is 2.00 e. The molecule has 2 N–H and O–H groups in total. The molecule has 1 aromatic heterocycles. The standard InChI is InChI=1S/C21H24N3O2.C5H5.Fe/c1-15(2)12-19(21(25)26)22-13-17-14-24(18-10-4-3-5-11-18)23-20(17)16-8-6-7-9-16;1-2-4-5-3-1;/h3-11,14-15,19,22H,12-13H2,1-2H3,(H,25,26);1-5H;/q;;+2/t19-;;/m0../s1. The van der Waals surface area contributed by atoms with E-state index in [2.05, 4.69) is 5.32 Å². The molecule has 0 bridgehead atoms. The quantitative estimate of drug-likeness (QED) is 0.566. The number of carboxylic acid groups (broad SMARTS) is 1. The summed E-state index contributed by atoms with van der Waals surface area (Å²) in [6, 6.07) is 9.34. The summed E-state index contributed by atoms with van der Waals surface area (Å²) >= 11 is 0. The maximum absolute atomic E-state index is 11.5. The fourth-order valence-corrected chi connectivity index (χ4v) is 3.32. The topological polar surface area (TPSA) is 67.2 Å².